The third-order valence-corrected chi connectivity index (χ3v) is 9.68. The van der Waals surface area contributed by atoms with Crippen molar-refractivity contribution in [2.24, 2.45) is 21.7 Å². The van der Waals surface area contributed by atoms with Crippen LogP contribution < -0.4 is 5.32 Å². The molecule has 4 aliphatic rings. The van der Waals surface area contributed by atoms with Gasteiger partial charge in [0.2, 0.25) is 0 Å². The predicted molar refractivity (Wildman–Crippen MR) is 149 cm³/mol. The van der Waals surface area contributed by atoms with Crippen LogP contribution in [0.4, 0.5) is 0 Å². The minimum Gasteiger partial charge on any atom is -0.310 e. The predicted octanol–water partition coefficient (Wildman–Crippen LogP) is 7.35. The summed E-state index contributed by atoms with van der Waals surface area (Å²) in [6.45, 7) is 33.6. The van der Waals surface area contributed by atoms with Crippen LogP contribution in [0, 0.1) is 21.7 Å². The number of piperidine rings is 1. The fourth-order valence-electron chi connectivity index (χ4n) is 6.81. The zero-order chi connectivity index (χ0) is 25.8. The molecule has 0 aromatic heterocycles. The van der Waals surface area contributed by atoms with E-state index in [1.54, 1.807) is 0 Å². The van der Waals surface area contributed by atoms with E-state index in [4.69, 9.17) is 0 Å². The van der Waals surface area contributed by atoms with Gasteiger partial charge in [-0.25, -0.2) is 0 Å². The summed E-state index contributed by atoms with van der Waals surface area (Å²) in [7, 11) is 0. The Hall–Kier alpha value is -0.120. The van der Waals surface area contributed by atoms with Crippen LogP contribution in [0.3, 0.4) is 0 Å². The highest BCUT2D eigenvalue weighted by atomic mass is 15.4. The zero-order valence-corrected chi connectivity index (χ0v) is 25.3. The van der Waals surface area contributed by atoms with Crippen LogP contribution in [0.2, 0.25) is 0 Å². The van der Waals surface area contributed by atoms with Gasteiger partial charge in [0.15, 0.2) is 0 Å². The van der Waals surface area contributed by atoms with Crippen molar-refractivity contribution in [3.8, 4) is 0 Å². The standard InChI is InChI=1S/C18H35N.C13H26N2/c1-16(2,3)14-12-18(10-8-7-9-11-18)13-15(19-14)17(4,5)6;1-11(2,3)14-7-13(8-14)9-15(10-13)12(4,5)6/h14-15,19H,7-13H2,1-6H3;7-10H2,1-6H3. The van der Waals surface area contributed by atoms with Gasteiger partial charge in [0, 0.05) is 54.8 Å². The van der Waals surface area contributed by atoms with Gasteiger partial charge in [-0.3, -0.25) is 9.80 Å². The fraction of sp³-hybridized carbons (Fsp3) is 1.00. The maximum atomic E-state index is 4.00. The Morgan fingerprint density at radius 2 is 0.882 bits per heavy atom. The lowest BCUT2D eigenvalue weighted by molar-refractivity contribution is -0.167. The molecule has 3 nitrogen and oxygen atoms in total. The van der Waals surface area contributed by atoms with Crippen molar-refractivity contribution in [3.63, 3.8) is 0 Å². The Balaban J connectivity index is 0.000000196. The minimum atomic E-state index is 0.368. The van der Waals surface area contributed by atoms with Gasteiger partial charge in [0.05, 0.1) is 0 Å². The molecule has 3 heteroatoms. The van der Waals surface area contributed by atoms with E-state index in [2.05, 4.69) is 98.2 Å². The topological polar surface area (TPSA) is 18.5 Å². The van der Waals surface area contributed by atoms with E-state index in [0.29, 0.717) is 44.8 Å². The minimum absolute atomic E-state index is 0.368. The number of rotatable bonds is 0. The quantitative estimate of drug-likeness (QED) is 0.395. The van der Waals surface area contributed by atoms with Crippen molar-refractivity contribution in [1.82, 2.24) is 15.1 Å². The van der Waals surface area contributed by atoms with E-state index < -0.39 is 0 Å². The summed E-state index contributed by atoms with van der Waals surface area (Å²) >= 11 is 0. The molecule has 1 saturated carbocycles. The summed E-state index contributed by atoms with van der Waals surface area (Å²) in [5.41, 5.74) is 2.81. The average Bonchev–Trinajstić information content (AvgIpc) is 2.56. The molecule has 2 spiro atoms. The molecule has 3 aliphatic heterocycles. The second-order valence-corrected chi connectivity index (χ2v) is 17.0. The monoisotopic (exact) mass is 475 g/mol. The highest BCUT2D eigenvalue weighted by molar-refractivity contribution is 5.10. The Labute approximate surface area is 214 Å². The van der Waals surface area contributed by atoms with Crippen LogP contribution >= 0.6 is 0 Å². The summed E-state index contributed by atoms with van der Waals surface area (Å²) in [5.74, 6) is 0. The molecule has 0 radical (unpaired) electrons. The van der Waals surface area contributed by atoms with Crippen molar-refractivity contribution >= 4 is 0 Å². The van der Waals surface area contributed by atoms with Crippen molar-refractivity contribution < 1.29 is 0 Å². The summed E-state index contributed by atoms with van der Waals surface area (Å²) in [6, 6.07) is 1.37. The van der Waals surface area contributed by atoms with Crippen LogP contribution in [0.25, 0.3) is 0 Å². The first-order valence-electron chi connectivity index (χ1n) is 14.5. The van der Waals surface area contributed by atoms with E-state index in [1.165, 1.54) is 71.1 Å². The molecule has 4 rings (SSSR count). The Morgan fingerprint density at radius 1 is 0.529 bits per heavy atom. The number of likely N-dealkylation sites (tertiary alicyclic amines) is 2. The lowest BCUT2D eigenvalue weighted by Gasteiger charge is -2.66. The smallest absolute Gasteiger partial charge is 0.0213 e. The molecule has 3 heterocycles. The van der Waals surface area contributed by atoms with Gasteiger partial charge < -0.3 is 5.32 Å². The molecule has 3 saturated heterocycles. The van der Waals surface area contributed by atoms with Gasteiger partial charge in [-0.15, -0.1) is 0 Å². The van der Waals surface area contributed by atoms with Crippen LogP contribution in [-0.2, 0) is 0 Å². The molecule has 34 heavy (non-hydrogen) atoms. The molecule has 200 valence electrons. The van der Waals surface area contributed by atoms with Crippen LogP contribution in [-0.4, -0.2) is 59.1 Å². The van der Waals surface area contributed by atoms with E-state index in [1.807, 2.05) is 0 Å². The first-order valence-corrected chi connectivity index (χ1v) is 14.5. The highest BCUT2D eigenvalue weighted by Gasteiger charge is 2.55. The maximum absolute atomic E-state index is 4.00. The van der Waals surface area contributed by atoms with E-state index in [9.17, 15) is 0 Å². The molecule has 0 amide bonds. The third-order valence-electron chi connectivity index (χ3n) is 9.68. The second-order valence-electron chi connectivity index (χ2n) is 17.0. The first-order chi connectivity index (χ1) is 15.2. The van der Waals surface area contributed by atoms with Gasteiger partial charge in [-0.1, -0.05) is 60.8 Å². The number of hydrogen-bond donors (Lipinski definition) is 1. The zero-order valence-electron chi connectivity index (χ0n) is 25.3. The van der Waals surface area contributed by atoms with E-state index in [0.717, 1.165) is 0 Å². The van der Waals surface area contributed by atoms with Crippen molar-refractivity contribution in [2.75, 3.05) is 26.2 Å². The Kier molecular flexibility index (Phi) is 7.80. The SMILES string of the molecule is CC(C)(C)C1CC2(CCCCC2)CC(C(C)(C)C)N1.CC(C)(C)N1CC2(C1)CN(C(C)(C)C)C2. The van der Waals surface area contributed by atoms with Crippen LogP contribution in [0.1, 0.15) is 128 Å². The molecule has 1 N–H and O–H groups in total. The first kappa shape index (κ1) is 28.5. The summed E-state index contributed by atoms with van der Waals surface area (Å²) < 4.78 is 0. The number of nitrogens with one attached hydrogen (secondary N) is 1. The summed E-state index contributed by atoms with van der Waals surface area (Å²) in [5, 5.41) is 4.00. The lowest BCUT2D eigenvalue weighted by Crippen LogP contribution is -2.76. The Morgan fingerprint density at radius 3 is 1.18 bits per heavy atom. The number of hydrogen-bond acceptors (Lipinski definition) is 3. The summed E-state index contributed by atoms with van der Waals surface area (Å²) in [4.78, 5) is 5.21. The molecule has 1 aliphatic carbocycles. The van der Waals surface area contributed by atoms with Gasteiger partial charge in [0.1, 0.15) is 0 Å². The normalized spacial score (nSPS) is 30.4. The molecular formula is C31H61N3. The molecule has 0 aromatic rings. The van der Waals surface area contributed by atoms with Crippen LogP contribution in [0.5, 0.6) is 0 Å². The Bertz CT molecular complexity index is 608. The fourth-order valence-corrected chi connectivity index (χ4v) is 6.81. The maximum Gasteiger partial charge on any atom is 0.0213 e. The highest BCUT2D eigenvalue weighted by Crippen LogP contribution is 2.50. The number of nitrogens with zero attached hydrogens (tertiary/aromatic N) is 2. The van der Waals surface area contributed by atoms with E-state index >= 15 is 0 Å². The van der Waals surface area contributed by atoms with Crippen molar-refractivity contribution in [2.45, 2.75) is 151 Å². The van der Waals surface area contributed by atoms with Gasteiger partial charge >= 0.3 is 0 Å². The average molecular weight is 476 g/mol. The van der Waals surface area contributed by atoms with Crippen molar-refractivity contribution in [1.29, 1.82) is 0 Å². The van der Waals surface area contributed by atoms with Crippen molar-refractivity contribution in [3.05, 3.63) is 0 Å². The van der Waals surface area contributed by atoms with E-state index in [-0.39, 0.29) is 0 Å². The molecule has 2 unspecified atom stereocenters. The van der Waals surface area contributed by atoms with Gasteiger partial charge in [0.25, 0.3) is 0 Å². The molecule has 0 aromatic carbocycles. The lowest BCUT2D eigenvalue weighted by atomic mass is 9.59. The largest absolute Gasteiger partial charge is 0.310 e. The second kappa shape index (κ2) is 9.32. The molecule has 0 bridgehead atoms. The van der Waals surface area contributed by atoms with Gasteiger partial charge in [-0.2, -0.15) is 0 Å². The van der Waals surface area contributed by atoms with Gasteiger partial charge in [-0.05, 0) is 83.5 Å². The third kappa shape index (κ3) is 6.60. The molecule has 4 fully saturated rings. The molecule has 2 atom stereocenters. The van der Waals surface area contributed by atoms with Crippen LogP contribution in [0.15, 0.2) is 0 Å². The molecular weight excluding hydrogens is 414 g/mol. The summed E-state index contributed by atoms with van der Waals surface area (Å²) in [6.07, 6.45) is 10.2.